The predicted molar refractivity (Wildman–Crippen MR) is 56.6 cm³/mol. The molecule has 0 aliphatic heterocycles. The van der Waals surface area contributed by atoms with Crippen LogP contribution in [0.5, 0.6) is 0 Å². The molecular formula is C9H15N3O4. The minimum absolute atomic E-state index is 0. The predicted octanol–water partition coefficient (Wildman–Crippen LogP) is -0.792. The maximum atomic E-state index is 10.5. The van der Waals surface area contributed by atoms with Crippen molar-refractivity contribution in [2.75, 3.05) is 12.4 Å². The molecule has 0 aliphatic carbocycles. The summed E-state index contributed by atoms with van der Waals surface area (Å²) in [4.78, 5) is 21.0. The van der Waals surface area contributed by atoms with Crippen molar-refractivity contribution in [1.29, 1.82) is 0 Å². The van der Waals surface area contributed by atoms with E-state index >= 15 is 0 Å². The van der Waals surface area contributed by atoms with Crippen LogP contribution >= 0.6 is 0 Å². The number of carboxylic acid groups (broad SMARTS) is 2. The number of hydrogen-bond acceptors (Lipinski definition) is 5. The van der Waals surface area contributed by atoms with Crippen molar-refractivity contribution in [3.63, 3.8) is 0 Å². The number of anilines is 1. The largest absolute Gasteiger partial charge is 0.545 e. The molecule has 0 saturated heterocycles. The Balaban J connectivity index is 0. The zero-order chi connectivity index (χ0) is 10.7. The lowest BCUT2D eigenvalue weighted by Crippen LogP contribution is -2.25. The second-order valence-electron chi connectivity index (χ2n) is 2.62. The van der Waals surface area contributed by atoms with Crippen LogP contribution in [-0.2, 0) is 0 Å². The summed E-state index contributed by atoms with van der Waals surface area (Å²) in [5.41, 5.74) is -0.0157. The highest BCUT2D eigenvalue weighted by molar-refractivity contribution is 5.93. The molecule has 1 aromatic carbocycles. The molecule has 0 bridgehead atoms. The van der Waals surface area contributed by atoms with Crippen molar-refractivity contribution in [2.45, 2.75) is 0 Å². The summed E-state index contributed by atoms with van der Waals surface area (Å²) in [5, 5.41) is 23.6. The number of rotatable bonds is 3. The molecule has 0 amide bonds. The molecule has 7 heteroatoms. The topological polar surface area (TPSA) is 165 Å². The molecular weight excluding hydrogens is 214 g/mol. The van der Waals surface area contributed by atoms with Gasteiger partial charge in [0.1, 0.15) is 0 Å². The quantitative estimate of drug-likeness (QED) is 0.616. The highest BCUT2D eigenvalue weighted by atomic mass is 16.4. The van der Waals surface area contributed by atoms with Crippen molar-refractivity contribution >= 4 is 17.6 Å². The molecule has 16 heavy (non-hydrogen) atoms. The molecule has 1 aromatic rings. The van der Waals surface area contributed by atoms with Gasteiger partial charge in [-0.05, 0) is 29.3 Å². The average molecular weight is 229 g/mol. The molecule has 90 valence electrons. The second-order valence-corrected chi connectivity index (χ2v) is 2.62. The fourth-order valence-electron chi connectivity index (χ4n) is 1.01. The Morgan fingerprint density at radius 1 is 1.00 bits per heavy atom. The van der Waals surface area contributed by atoms with Gasteiger partial charge in [-0.2, -0.15) is 0 Å². The van der Waals surface area contributed by atoms with Crippen LogP contribution in [0.15, 0.2) is 18.2 Å². The second kappa shape index (κ2) is 6.38. The highest BCUT2D eigenvalue weighted by Gasteiger charge is 2.01. The van der Waals surface area contributed by atoms with E-state index in [9.17, 15) is 19.8 Å². The van der Waals surface area contributed by atoms with E-state index in [0.29, 0.717) is 5.69 Å². The Hall–Kier alpha value is -2.12. The lowest BCUT2D eigenvalue weighted by molar-refractivity contribution is -0.255. The molecule has 0 spiro atoms. The molecule has 0 aliphatic rings. The van der Waals surface area contributed by atoms with E-state index in [4.69, 9.17) is 0 Å². The van der Waals surface area contributed by atoms with Crippen LogP contribution in [0.2, 0.25) is 0 Å². The third kappa shape index (κ3) is 3.56. The van der Waals surface area contributed by atoms with Crippen molar-refractivity contribution in [3.05, 3.63) is 29.3 Å². The van der Waals surface area contributed by atoms with Gasteiger partial charge in [0.15, 0.2) is 0 Å². The molecule has 0 fully saturated rings. The average Bonchev–Trinajstić information content (AvgIpc) is 2.16. The van der Waals surface area contributed by atoms with Gasteiger partial charge in [-0.1, -0.05) is 0 Å². The molecule has 0 heterocycles. The number of nitrogens with one attached hydrogen (secondary N) is 1. The minimum Gasteiger partial charge on any atom is -0.545 e. The number of benzene rings is 1. The Morgan fingerprint density at radius 2 is 1.38 bits per heavy atom. The van der Waals surface area contributed by atoms with Gasteiger partial charge >= 0.3 is 0 Å². The summed E-state index contributed by atoms with van der Waals surface area (Å²) >= 11 is 0. The van der Waals surface area contributed by atoms with Crippen LogP contribution in [-0.4, -0.2) is 19.0 Å². The zero-order valence-electron chi connectivity index (χ0n) is 9.37. The summed E-state index contributed by atoms with van der Waals surface area (Å²) in [5.74, 6) is -2.85. The third-order valence-electron chi connectivity index (χ3n) is 1.69. The van der Waals surface area contributed by atoms with Gasteiger partial charge in [0.05, 0.1) is 11.9 Å². The SMILES string of the molecule is CNc1cc(C(=O)[O-])cc(C(=O)[O-])c1.[NH4+].[NH4+]. The number of carbonyl (C=O) groups excluding carboxylic acids is 2. The van der Waals surface area contributed by atoms with Gasteiger partial charge in [0, 0.05) is 12.7 Å². The first-order valence-corrected chi connectivity index (χ1v) is 3.80. The Morgan fingerprint density at radius 3 is 1.62 bits per heavy atom. The smallest absolute Gasteiger partial charge is 0.0716 e. The van der Waals surface area contributed by atoms with E-state index in [1.54, 1.807) is 7.05 Å². The lowest BCUT2D eigenvalue weighted by atomic mass is 10.1. The number of hydrogen-bond donors (Lipinski definition) is 3. The molecule has 0 atom stereocenters. The summed E-state index contributed by atoms with van der Waals surface area (Å²) in [7, 11) is 1.55. The first-order valence-electron chi connectivity index (χ1n) is 3.80. The third-order valence-corrected chi connectivity index (χ3v) is 1.69. The summed E-state index contributed by atoms with van der Waals surface area (Å²) in [6.45, 7) is 0. The fourth-order valence-corrected chi connectivity index (χ4v) is 1.01. The van der Waals surface area contributed by atoms with Gasteiger partial charge in [0.2, 0.25) is 0 Å². The number of carboxylic acids is 2. The van der Waals surface area contributed by atoms with E-state index in [0.717, 1.165) is 6.07 Å². The number of aromatic carboxylic acids is 2. The first kappa shape index (κ1) is 16.3. The maximum absolute atomic E-state index is 10.5. The molecule has 7 nitrogen and oxygen atoms in total. The van der Waals surface area contributed by atoms with Crippen molar-refractivity contribution < 1.29 is 19.8 Å². The van der Waals surface area contributed by atoms with Crippen molar-refractivity contribution in [2.24, 2.45) is 0 Å². The molecule has 0 unspecified atom stereocenters. The normalized spacial score (nSPS) is 8.31. The zero-order valence-corrected chi connectivity index (χ0v) is 9.37. The fraction of sp³-hybridized carbons (Fsp3) is 0.111. The van der Waals surface area contributed by atoms with Crippen LogP contribution in [0.25, 0.3) is 0 Å². The Labute approximate surface area is 92.3 Å². The van der Waals surface area contributed by atoms with Gasteiger partial charge in [0.25, 0.3) is 0 Å². The monoisotopic (exact) mass is 229 g/mol. The molecule has 9 N–H and O–H groups in total. The number of carbonyl (C=O) groups is 2. The van der Waals surface area contributed by atoms with Crippen LogP contribution in [0.4, 0.5) is 5.69 Å². The van der Waals surface area contributed by atoms with E-state index < -0.39 is 11.9 Å². The molecule has 0 aromatic heterocycles. The molecule has 0 saturated carbocycles. The van der Waals surface area contributed by atoms with E-state index in [1.807, 2.05) is 0 Å². The van der Waals surface area contributed by atoms with E-state index in [2.05, 4.69) is 5.32 Å². The number of quaternary nitrogens is 2. The summed E-state index contributed by atoms with van der Waals surface area (Å²) in [6, 6.07) is 3.55. The Bertz CT molecular complexity index is 360. The van der Waals surface area contributed by atoms with E-state index in [1.165, 1.54) is 12.1 Å². The van der Waals surface area contributed by atoms with Crippen LogP contribution in [0, 0.1) is 0 Å². The standard InChI is InChI=1S/C9H9NO4.2H3N/c1-10-7-3-5(8(11)12)2-6(4-7)9(13)14;;/h2-4,10H,1H3,(H,11,12)(H,13,14);2*1H3. The highest BCUT2D eigenvalue weighted by Crippen LogP contribution is 2.13. The van der Waals surface area contributed by atoms with Gasteiger partial charge in [-0.15, -0.1) is 0 Å². The summed E-state index contributed by atoms with van der Waals surface area (Å²) < 4.78 is 0. The maximum Gasteiger partial charge on any atom is 0.0716 e. The molecule has 1 rings (SSSR count). The molecule has 0 radical (unpaired) electrons. The minimum atomic E-state index is -1.43. The van der Waals surface area contributed by atoms with Gasteiger partial charge < -0.3 is 37.4 Å². The Kier molecular flexibility index (Phi) is 6.51. The summed E-state index contributed by atoms with van der Waals surface area (Å²) in [6.07, 6.45) is 0. The van der Waals surface area contributed by atoms with Crippen molar-refractivity contribution in [3.8, 4) is 0 Å². The van der Waals surface area contributed by atoms with Gasteiger partial charge in [-0.25, -0.2) is 0 Å². The van der Waals surface area contributed by atoms with Gasteiger partial charge in [-0.3, -0.25) is 0 Å². The lowest BCUT2D eigenvalue weighted by Gasteiger charge is -2.10. The van der Waals surface area contributed by atoms with Crippen LogP contribution in [0.1, 0.15) is 20.7 Å². The van der Waals surface area contributed by atoms with Crippen LogP contribution < -0.4 is 27.8 Å². The van der Waals surface area contributed by atoms with Crippen LogP contribution in [0.3, 0.4) is 0 Å². The van der Waals surface area contributed by atoms with Crippen molar-refractivity contribution in [1.82, 2.24) is 12.3 Å². The first-order chi connectivity index (χ1) is 6.54. The van der Waals surface area contributed by atoms with E-state index in [-0.39, 0.29) is 23.4 Å².